The van der Waals surface area contributed by atoms with E-state index in [9.17, 15) is 4.39 Å². The summed E-state index contributed by atoms with van der Waals surface area (Å²) in [6.07, 6.45) is 9.00. The summed E-state index contributed by atoms with van der Waals surface area (Å²) < 4.78 is 24.9. The highest BCUT2D eigenvalue weighted by Crippen LogP contribution is 2.44. The Morgan fingerprint density at radius 1 is 1.07 bits per heavy atom. The number of aryl methyl sites for hydroxylation is 1. The Kier molecular flexibility index (Phi) is 5.87. The molecule has 0 radical (unpaired) electrons. The molecule has 4 rings (SSSR count). The van der Waals surface area contributed by atoms with Crippen molar-refractivity contribution in [1.29, 1.82) is 0 Å². The number of anilines is 1. The molecule has 2 aliphatic carbocycles. The van der Waals surface area contributed by atoms with E-state index in [2.05, 4.69) is 16.4 Å². The van der Waals surface area contributed by atoms with Gasteiger partial charge < -0.3 is 14.8 Å². The quantitative estimate of drug-likeness (QED) is 0.661. The van der Waals surface area contributed by atoms with E-state index in [0.717, 1.165) is 30.8 Å². The van der Waals surface area contributed by atoms with E-state index in [4.69, 9.17) is 9.47 Å². The van der Waals surface area contributed by atoms with Gasteiger partial charge in [0.2, 0.25) is 0 Å². The highest BCUT2D eigenvalue weighted by atomic mass is 19.1. The Labute approximate surface area is 160 Å². The molecule has 1 N–H and O–H groups in total. The van der Waals surface area contributed by atoms with Gasteiger partial charge in [0.1, 0.15) is 24.0 Å². The third-order valence-corrected chi connectivity index (χ3v) is 5.29. The van der Waals surface area contributed by atoms with Crippen molar-refractivity contribution in [2.45, 2.75) is 44.4 Å². The second-order valence-electron chi connectivity index (χ2n) is 7.35. The fourth-order valence-electron chi connectivity index (χ4n) is 3.73. The van der Waals surface area contributed by atoms with Crippen LogP contribution in [-0.4, -0.2) is 31.3 Å². The minimum atomic E-state index is -0.252. The molecule has 0 amide bonds. The zero-order valence-electron chi connectivity index (χ0n) is 15.7. The number of hydrogen-bond acceptors (Lipinski definition) is 4. The smallest absolute Gasteiger partial charge is 0.129 e. The summed E-state index contributed by atoms with van der Waals surface area (Å²) in [6.45, 7) is 2.23. The van der Waals surface area contributed by atoms with Crippen molar-refractivity contribution in [3.05, 3.63) is 53.0 Å². The van der Waals surface area contributed by atoms with Crippen LogP contribution in [0.3, 0.4) is 0 Å². The number of halogens is 1. The zero-order valence-corrected chi connectivity index (χ0v) is 15.7. The van der Waals surface area contributed by atoms with E-state index < -0.39 is 0 Å². The van der Waals surface area contributed by atoms with E-state index in [0.29, 0.717) is 31.5 Å². The molecule has 0 atom stereocenters. The lowest BCUT2D eigenvalue weighted by Crippen LogP contribution is -2.16. The van der Waals surface area contributed by atoms with Crippen LogP contribution in [0.4, 0.5) is 10.2 Å². The molecule has 2 aromatic rings. The molecule has 2 aliphatic rings. The minimum absolute atomic E-state index is 0.252. The largest absolute Gasteiger partial charge is 0.491 e. The number of rotatable bonds is 9. The maximum absolute atomic E-state index is 13.5. The van der Waals surface area contributed by atoms with Gasteiger partial charge >= 0.3 is 0 Å². The molecule has 27 heavy (non-hydrogen) atoms. The average molecular weight is 370 g/mol. The maximum Gasteiger partial charge on any atom is 0.129 e. The Morgan fingerprint density at radius 3 is 2.85 bits per heavy atom. The number of nitrogens with zero attached hydrogens (tertiary/aromatic N) is 1. The molecular formula is C22H27FN2O2. The molecule has 0 aliphatic heterocycles. The van der Waals surface area contributed by atoms with Crippen LogP contribution in [0.25, 0.3) is 0 Å². The first-order valence-corrected chi connectivity index (χ1v) is 10.0. The van der Waals surface area contributed by atoms with Crippen molar-refractivity contribution in [3.8, 4) is 5.75 Å². The molecule has 1 saturated carbocycles. The Balaban J connectivity index is 1.17. The number of fused-ring (bicyclic) bond motifs is 1. The van der Waals surface area contributed by atoms with Gasteiger partial charge in [0.15, 0.2) is 0 Å². The standard InChI is InChI=1S/C22H27FN2O2/c23-18-7-8-19(17-5-6-17)21(15-18)27-14-13-26-12-11-25-22-20-4-2-1-3-16(20)9-10-24-22/h7-10,15,17H,1-6,11-14H2,(H,24,25). The molecule has 5 heteroatoms. The van der Waals surface area contributed by atoms with Crippen molar-refractivity contribution < 1.29 is 13.9 Å². The Hall–Kier alpha value is -2.14. The first-order chi connectivity index (χ1) is 13.3. The van der Waals surface area contributed by atoms with Gasteiger partial charge in [-0.05, 0) is 73.3 Å². The van der Waals surface area contributed by atoms with Gasteiger partial charge in [0, 0.05) is 18.8 Å². The fraction of sp³-hybridized carbons (Fsp3) is 0.500. The summed E-state index contributed by atoms with van der Waals surface area (Å²) in [6, 6.07) is 6.98. The van der Waals surface area contributed by atoms with E-state index >= 15 is 0 Å². The van der Waals surface area contributed by atoms with Crippen LogP contribution in [0.2, 0.25) is 0 Å². The number of nitrogens with one attached hydrogen (secondary N) is 1. The molecule has 0 spiro atoms. The first-order valence-electron chi connectivity index (χ1n) is 10.0. The van der Waals surface area contributed by atoms with Gasteiger partial charge in [-0.25, -0.2) is 9.37 Å². The number of aromatic nitrogens is 1. The van der Waals surface area contributed by atoms with Crippen LogP contribution in [0.15, 0.2) is 30.5 Å². The van der Waals surface area contributed by atoms with Crippen molar-refractivity contribution >= 4 is 5.82 Å². The van der Waals surface area contributed by atoms with E-state index in [1.165, 1.54) is 48.9 Å². The third-order valence-electron chi connectivity index (χ3n) is 5.29. The molecule has 1 aromatic carbocycles. The summed E-state index contributed by atoms with van der Waals surface area (Å²) >= 11 is 0. The highest BCUT2D eigenvalue weighted by Gasteiger charge is 2.27. The predicted molar refractivity (Wildman–Crippen MR) is 104 cm³/mol. The molecule has 4 nitrogen and oxygen atoms in total. The van der Waals surface area contributed by atoms with Gasteiger partial charge in [-0.15, -0.1) is 0 Å². The van der Waals surface area contributed by atoms with Gasteiger partial charge in [-0.3, -0.25) is 0 Å². The molecule has 1 fully saturated rings. The van der Waals surface area contributed by atoms with Crippen molar-refractivity contribution in [2.24, 2.45) is 0 Å². The fourth-order valence-corrected chi connectivity index (χ4v) is 3.73. The summed E-state index contributed by atoms with van der Waals surface area (Å²) in [5.41, 5.74) is 3.92. The van der Waals surface area contributed by atoms with Gasteiger partial charge in [-0.1, -0.05) is 6.07 Å². The SMILES string of the molecule is Fc1ccc(C2CC2)c(OCCOCCNc2nccc3c2CCCC3)c1. The molecule has 0 saturated heterocycles. The summed E-state index contributed by atoms with van der Waals surface area (Å²) in [4.78, 5) is 4.48. The number of benzene rings is 1. The van der Waals surface area contributed by atoms with Gasteiger partial charge in [0.25, 0.3) is 0 Å². The van der Waals surface area contributed by atoms with E-state index in [1.54, 1.807) is 0 Å². The zero-order chi connectivity index (χ0) is 18.5. The van der Waals surface area contributed by atoms with Crippen LogP contribution in [0, 0.1) is 5.82 Å². The van der Waals surface area contributed by atoms with E-state index in [1.807, 2.05) is 12.3 Å². The maximum atomic E-state index is 13.5. The number of hydrogen-bond donors (Lipinski definition) is 1. The van der Waals surface area contributed by atoms with Crippen molar-refractivity contribution in [2.75, 3.05) is 31.7 Å². The second-order valence-corrected chi connectivity index (χ2v) is 7.35. The minimum Gasteiger partial charge on any atom is -0.491 e. The van der Waals surface area contributed by atoms with Crippen LogP contribution < -0.4 is 10.1 Å². The van der Waals surface area contributed by atoms with Crippen LogP contribution in [-0.2, 0) is 17.6 Å². The van der Waals surface area contributed by atoms with Gasteiger partial charge in [0.05, 0.1) is 13.2 Å². The predicted octanol–water partition coefficient (Wildman–Crippen LogP) is 4.48. The summed E-state index contributed by atoms with van der Waals surface area (Å²) in [5.74, 6) is 1.95. The van der Waals surface area contributed by atoms with Crippen LogP contribution in [0.1, 0.15) is 48.3 Å². The summed E-state index contributed by atoms with van der Waals surface area (Å²) in [5, 5.41) is 3.39. The molecule has 1 heterocycles. The van der Waals surface area contributed by atoms with Crippen molar-refractivity contribution in [3.63, 3.8) is 0 Å². The third kappa shape index (κ3) is 4.78. The number of ether oxygens (including phenoxy) is 2. The Bertz CT molecular complexity index is 777. The van der Waals surface area contributed by atoms with Crippen LogP contribution >= 0.6 is 0 Å². The summed E-state index contributed by atoms with van der Waals surface area (Å²) in [7, 11) is 0. The lowest BCUT2D eigenvalue weighted by atomic mass is 9.92. The monoisotopic (exact) mass is 370 g/mol. The number of pyridine rings is 1. The van der Waals surface area contributed by atoms with Crippen molar-refractivity contribution in [1.82, 2.24) is 4.98 Å². The molecule has 0 unspecified atom stereocenters. The lowest BCUT2D eigenvalue weighted by Gasteiger charge is -2.19. The second kappa shape index (κ2) is 8.70. The van der Waals surface area contributed by atoms with Crippen LogP contribution in [0.5, 0.6) is 5.75 Å². The molecule has 144 valence electrons. The molecule has 1 aromatic heterocycles. The normalized spacial score (nSPS) is 16.0. The molecule has 0 bridgehead atoms. The Morgan fingerprint density at radius 2 is 1.96 bits per heavy atom. The lowest BCUT2D eigenvalue weighted by molar-refractivity contribution is 0.107. The van der Waals surface area contributed by atoms with E-state index in [-0.39, 0.29) is 5.82 Å². The first kappa shape index (κ1) is 18.2. The topological polar surface area (TPSA) is 43.4 Å². The highest BCUT2D eigenvalue weighted by molar-refractivity contribution is 5.49. The molecular weight excluding hydrogens is 343 g/mol. The average Bonchev–Trinajstić information content (AvgIpc) is 3.52. The van der Waals surface area contributed by atoms with Gasteiger partial charge in [-0.2, -0.15) is 0 Å².